The Morgan fingerprint density at radius 3 is 1.57 bits per heavy atom. The van der Waals surface area contributed by atoms with Crippen molar-refractivity contribution in [3.63, 3.8) is 0 Å². The van der Waals surface area contributed by atoms with Gasteiger partial charge in [0, 0.05) is 6.42 Å². The summed E-state index contributed by atoms with van der Waals surface area (Å²) >= 11 is 0. The van der Waals surface area contributed by atoms with E-state index in [4.69, 9.17) is 18.9 Å². The van der Waals surface area contributed by atoms with Crippen LogP contribution in [0.2, 0.25) is 0 Å². The molecule has 2 aliphatic heterocycles. The zero-order chi connectivity index (χ0) is 51.0. The highest BCUT2D eigenvalue weighted by atomic mass is 16.7. The first kappa shape index (κ1) is 63.0. The zero-order valence-electron chi connectivity index (χ0n) is 42.5. The van der Waals surface area contributed by atoms with Crippen LogP contribution in [0.3, 0.4) is 0 Å². The molecule has 0 bridgehead atoms. The van der Waals surface area contributed by atoms with Gasteiger partial charge in [-0.05, 0) is 83.5 Å². The van der Waals surface area contributed by atoms with Crippen LogP contribution in [-0.2, 0) is 23.7 Å². The van der Waals surface area contributed by atoms with Gasteiger partial charge in [0.25, 0.3) is 0 Å². The summed E-state index contributed by atoms with van der Waals surface area (Å²) in [6, 6.07) is -0.973. The van der Waals surface area contributed by atoms with Gasteiger partial charge >= 0.3 is 0 Å². The number of carbonyl (C=O) groups excluding carboxylic acids is 1. The third kappa shape index (κ3) is 27.7. The summed E-state index contributed by atoms with van der Waals surface area (Å²) in [4.78, 5) is 13.2. The number of allylic oxidation sites excluding steroid dienone is 15. The molecule has 14 nitrogen and oxygen atoms in total. The predicted molar refractivity (Wildman–Crippen MR) is 276 cm³/mol. The lowest BCUT2D eigenvalue weighted by Gasteiger charge is -2.46. The highest BCUT2D eigenvalue weighted by molar-refractivity contribution is 5.76. The number of hydrogen-bond acceptors (Lipinski definition) is 13. The second kappa shape index (κ2) is 41.4. The molecule has 400 valence electrons. The Morgan fingerprint density at radius 2 is 1.00 bits per heavy atom. The molecule has 9 N–H and O–H groups in total. The summed E-state index contributed by atoms with van der Waals surface area (Å²) in [5.41, 5.74) is 0. The predicted octanol–water partition coefficient (Wildman–Crippen LogP) is 7.54. The van der Waals surface area contributed by atoms with Crippen LogP contribution in [0, 0.1) is 0 Å². The molecular formula is C56H93NO13. The summed E-state index contributed by atoms with van der Waals surface area (Å²) in [7, 11) is 0. The smallest absolute Gasteiger partial charge is 0.220 e. The topological polar surface area (TPSA) is 228 Å². The lowest BCUT2D eigenvalue weighted by atomic mass is 9.97. The number of carbonyl (C=O) groups is 1. The lowest BCUT2D eigenvalue weighted by Crippen LogP contribution is -2.65. The minimum atomic E-state index is -1.80. The van der Waals surface area contributed by atoms with Crippen LogP contribution in [0.15, 0.2) is 97.2 Å². The molecule has 2 saturated heterocycles. The molecule has 14 heteroatoms. The van der Waals surface area contributed by atoms with Crippen molar-refractivity contribution < 1.29 is 64.6 Å². The molecule has 12 atom stereocenters. The first-order chi connectivity index (χ1) is 34.1. The Balaban J connectivity index is 1.89. The van der Waals surface area contributed by atoms with Crippen LogP contribution in [0.4, 0.5) is 0 Å². The van der Waals surface area contributed by atoms with Gasteiger partial charge in [0.2, 0.25) is 5.91 Å². The summed E-state index contributed by atoms with van der Waals surface area (Å²) in [5, 5.41) is 86.8. The molecule has 70 heavy (non-hydrogen) atoms. The number of nitrogens with one attached hydrogen (secondary N) is 1. The molecule has 2 rings (SSSR count). The van der Waals surface area contributed by atoms with Gasteiger partial charge in [-0.2, -0.15) is 0 Å². The number of aliphatic hydroxyl groups is 8. The molecule has 0 aromatic rings. The Labute approximate surface area is 420 Å². The molecule has 12 unspecified atom stereocenters. The minimum Gasteiger partial charge on any atom is -0.394 e. The van der Waals surface area contributed by atoms with E-state index in [0.29, 0.717) is 19.3 Å². The van der Waals surface area contributed by atoms with Crippen LogP contribution >= 0.6 is 0 Å². The second-order valence-electron chi connectivity index (χ2n) is 18.2. The van der Waals surface area contributed by atoms with E-state index in [-0.39, 0.29) is 18.9 Å². The third-order valence-electron chi connectivity index (χ3n) is 12.2. The lowest BCUT2D eigenvalue weighted by molar-refractivity contribution is -0.359. The monoisotopic (exact) mass is 988 g/mol. The fraction of sp³-hybridized carbons (Fsp3) is 0.696. The van der Waals surface area contributed by atoms with E-state index in [0.717, 1.165) is 57.8 Å². The maximum atomic E-state index is 13.2. The number of hydrogen-bond donors (Lipinski definition) is 9. The number of rotatable bonds is 39. The molecule has 0 saturated carbocycles. The third-order valence-corrected chi connectivity index (χ3v) is 12.2. The quantitative estimate of drug-likeness (QED) is 0.0215. The first-order valence-corrected chi connectivity index (χ1v) is 26.5. The molecule has 0 spiro atoms. The van der Waals surface area contributed by atoms with Gasteiger partial charge < -0.3 is 65.1 Å². The standard InChI is InChI=1S/C56H93NO13/c1-3-5-7-9-11-13-15-17-19-21-22-24-25-27-29-31-33-35-37-39-45(60)44(57-48(61)40-38-36-34-32-30-28-26-23-20-18-16-14-12-10-8-6-4-2)43-67-55-53(66)51(64)54(47(42-59)69-55)70-56-52(65)50(63)49(62)46(41-58)68-56/h6,8,12,14,18,20,22,24,26,28-29,31-32,34,37,39,44-47,49-56,58-60,62-66H,3-5,7,9-11,13,15-17,19,21,23,25,27,30,33,35-36,38,40-43H2,1-2H3,(H,57,61)/b8-6-,14-12-,20-18-,24-22+,28-26-,31-29+,34-32-,39-37+. The van der Waals surface area contributed by atoms with Crippen LogP contribution < -0.4 is 5.32 Å². The van der Waals surface area contributed by atoms with Crippen molar-refractivity contribution in [3.05, 3.63) is 97.2 Å². The first-order valence-electron chi connectivity index (χ1n) is 26.5. The number of aliphatic hydroxyl groups excluding tert-OH is 8. The fourth-order valence-electron chi connectivity index (χ4n) is 7.94. The molecule has 0 radical (unpaired) electrons. The van der Waals surface area contributed by atoms with E-state index in [2.05, 4.69) is 98.2 Å². The number of amides is 1. The summed E-state index contributed by atoms with van der Waals surface area (Å²) in [6.45, 7) is 2.58. The summed E-state index contributed by atoms with van der Waals surface area (Å²) in [5.74, 6) is -0.315. The van der Waals surface area contributed by atoms with Crippen molar-refractivity contribution in [1.82, 2.24) is 5.32 Å². The molecule has 2 heterocycles. The fourth-order valence-corrected chi connectivity index (χ4v) is 7.94. The molecule has 0 aromatic carbocycles. The number of ether oxygens (including phenoxy) is 4. The van der Waals surface area contributed by atoms with Gasteiger partial charge in [-0.15, -0.1) is 0 Å². The maximum Gasteiger partial charge on any atom is 0.220 e. The van der Waals surface area contributed by atoms with Crippen LogP contribution in [0.5, 0.6) is 0 Å². The number of unbranched alkanes of at least 4 members (excludes halogenated alkanes) is 12. The van der Waals surface area contributed by atoms with Crippen molar-refractivity contribution in [1.29, 1.82) is 0 Å². The van der Waals surface area contributed by atoms with Gasteiger partial charge in [0.1, 0.15) is 48.8 Å². The molecular weight excluding hydrogens is 895 g/mol. The van der Waals surface area contributed by atoms with Crippen molar-refractivity contribution in [2.75, 3.05) is 19.8 Å². The SMILES string of the molecule is CC/C=C\C/C=C\C/C=C\C/C=C\C/C=C\CCCC(=O)NC(COC1OC(CO)C(OC2OC(CO)C(O)C(O)C2O)C(O)C1O)C(O)/C=C/CC/C=C/CC/C=C/CCCCCCCCCCC. The van der Waals surface area contributed by atoms with Crippen LogP contribution in [0.25, 0.3) is 0 Å². The summed E-state index contributed by atoms with van der Waals surface area (Å²) in [6.07, 6.45) is 38.8. The Bertz CT molecular complexity index is 1540. The normalized spacial score (nSPS) is 26.8. The van der Waals surface area contributed by atoms with E-state index in [1.165, 1.54) is 57.8 Å². The van der Waals surface area contributed by atoms with Crippen molar-refractivity contribution in [3.8, 4) is 0 Å². The molecule has 0 aliphatic carbocycles. The Morgan fingerprint density at radius 1 is 0.529 bits per heavy atom. The maximum absolute atomic E-state index is 13.2. The largest absolute Gasteiger partial charge is 0.394 e. The molecule has 1 amide bonds. The van der Waals surface area contributed by atoms with Gasteiger partial charge in [0.05, 0.1) is 32.0 Å². The van der Waals surface area contributed by atoms with E-state index in [9.17, 15) is 45.6 Å². The van der Waals surface area contributed by atoms with Crippen molar-refractivity contribution in [2.45, 2.75) is 229 Å². The van der Waals surface area contributed by atoms with Gasteiger partial charge in [0.15, 0.2) is 12.6 Å². The van der Waals surface area contributed by atoms with Gasteiger partial charge in [-0.25, -0.2) is 0 Å². The van der Waals surface area contributed by atoms with Gasteiger partial charge in [-0.3, -0.25) is 4.79 Å². The average Bonchev–Trinajstić information content (AvgIpc) is 3.36. The Hall–Kier alpha value is -3.09. The van der Waals surface area contributed by atoms with Gasteiger partial charge in [-0.1, -0.05) is 162 Å². The average molecular weight is 988 g/mol. The van der Waals surface area contributed by atoms with Crippen molar-refractivity contribution >= 4 is 5.91 Å². The van der Waals surface area contributed by atoms with E-state index >= 15 is 0 Å². The van der Waals surface area contributed by atoms with Crippen LogP contribution in [-0.4, -0.2) is 140 Å². The van der Waals surface area contributed by atoms with E-state index < -0.39 is 86.8 Å². The highest BCUT2D eigenvalue weighted by Gasteiger charge is 2.51. The molecule has 2 fully saturated rings. The minimum absolute atomic E-state index is 0.186. The molecule has 2 aliphatic rings. The Kier molecular flexibility index (Phi) is 37.3. The highest BCUT2D eigenvalue weighted by Crippen LogP contribution is 2.30. The summed E-state index contributed by atoms with van der Waals surface area (Å²) < 4.78 is 22.6. The van der Waals surface area contributed by atoms with E-state index in [1.54, 1.807) is 6.08 Å². The molecule has 0 aromatic heterocycles. The zero-order valence-corrected chi connectivity index (χ0v) is 42.5. The van der Waals surface area contributed by atoms with Crippen LogP contribution in [0.1, 0.15) is 155 Å². The van der Waals surface area contributed by atoms with E-state index in [1.807, 2.05) is 12.2 Å². The second-order valence-corrected chi connectivity index (χ2v) is 18.2. The van der Waals surface area contributed by atoms with Crippen molar-refractivity contribution in [2.24, 2.45) is 0 Å².